The highest BCUT2D eigenvalue weighted by molar-refractivity contribution is 5.96. The molecule has 0 radical (unpaired) electrons. The highest BCUT2D eigenvalue weighted by Gasteiger charge is 2.23. The molecule has 0 unspecified atom stereocenters. The number of anilines is 3. The first-order valence-electron chi connectivity index (χ1n) is 10.1. The van der Waals surface area contributed by atoms with E-state index in [0.717, 1.165) is 0 Å². The topological polar surface area (TPSA) is 192 Å². The molecular formula is C20H23N9O4. The molecule has 2 aromatic heterocycles. The number of pyridine rings is 1. The number of amides is 1. The molecule has 0 aliphatic carbocycles. The van der Waals surface area contributed by atoms with Gasteiger partial charge in [0.25, 0.3) is 0 Å². The number of rotatable bonds is 7. The maximum absolute atomic E-state index is 12.5. The Morgan fingerprint density at radius 1 is 1.27 bits per heavy atom. The van der Waals surface area contributed by atoms with Crippen molar-refractivity contribution in [1.82, 2.24) is 19.9 Å². The minimum Gasteiger partial charge on any atom is -0.465 e. The average molecular weight is 453 g/mol. The number of aromatic nitrogens is 3. The second-order valence-corrected chi connectivity index (χ2v) is 7.34. The molecule has 33 heavy (non-hydrogen) atoms. The zero-order valence-electron chi connectivity index (χ0n) is 17.9. The van der Waals surface area contributed by atoms with E-state index in [-0.39, 0.29) is 23.0 Å². The van der Waals surface area contributed by atoms with Gasteiger partial charge in [-0.25, -0.2) is 24.5 Å². The minimum absolute atomic E-state index is 0.0914. The van der Waals surface area contributed by atoms with Crippen molar-refractivity contribution in [1.29, 1.82) is 5.26 Å². The van der Waals surface area contributed by atoms with E-state index >= 15 is 0 Å². The first-order valence-corrected chi connectivity index (χ1v) is 10.1. The molecule has 1 aliphatic rings. The molecule has 3 heterocycles. The summed E-state index contributed by atoms with van der Waals surface area (Å²) in [6, 6.07) is 3.50. The van der Waals surface area contributed by atoms with Crippen molar-refractivity contribution in [3.8, 4) is 6.07 Å². The first-order chi connectivity index (χ1) is 15.9. The predicted octanol–water partition coefficient (Wildman–Crippen LogP) is 1.74. The van der Waals surface area contributed by atoms with Gasteiger partial charge in [0.1, 0.15) is 29.1 Å². The minimum atomic E-state index is -0.919. The van der Waals surface area contributed by atoms with Gasteiger partial charge in [0, 0.05) is 31.9 Å². The van der Waals surface area contributed by atoms with Crippen LogP contribution in [-0.2, 0) is 4.84 Å². The van der Waals surface area contributed by atoms with E-state index in [4.69, 9.17) is 20.9 Å². The van der Waals surface area contributed by atoms with E-state index in [1.165, 1.54) is 30.4 Å². The van der Waals surface area contributed by atoms with E-state index in [1.807, 2.05) is 6.07 Å². The van der Waals surface area contributed by atoms with Gasteiger partial charge in [-0.1, -0.05) is 5.16 Å². The van der Waals surface area contributed by atoms with Crippen LogP contribution in [0.15, 0.2) is 29.8 Å². The van der Waals surface area contributed by atoms with Crippen molar-refractivity contribution >= 4 is 35.2 Å². The Bertz CT molecular complexity index is 1070. The van der Waals surface area contributed by atoms with E-state index in [9.17, 15) is 9.59 Å². The quantitative estimate of drug-likeness (QED) is 0.206. The summed E-state index contributed by atoms with van der Waals surface area (Å²) in [7, 11) is 0. The molecular weight excluding hydrogens is 430 g/mol. The van der Waals surface area contributed by atoms with Gasteiger partial charge in [0.05, 0.1) is 18.1 Å². The van der Waals surface area contributed by atoms with Gasteiger partial charge in [-0.3, -0.25) is 0 Å². The molecule has 13 heteroatoms. The standard InChI is InChI=1S/C20H23N9O4/c1-12(22)28-33-19(30)15-10-26-17(27-18-11-23-14(7-21)9-25-18)6-16(15)24-8-13-2-4-29(5-3-13)20(31)32/h6,9-11,13H,2-5,8H2,1H3,(H2,22,28)(H,31,32)(H2,24,25,26,27). The van der Waals surface area contributed by atoms with E-state index in [1.54, 1.807) is 6.07 Å². The third-order valence-electron chi connectivity index (χ3n) is 4.89. The Morgan fingerprint density at radius 3 is 2.61 bits per heavy atom. The van der Waals surface area contributed by atoms with E-state index in [0.29, 0.717) is 49.8 Å². The SMILES string of the molecule is C/C(N)=N/OC(=O)c1cnc(Nc2cnc(C#N)cn2)cc1NCC1CCN(C(=O)O)CC1. The number of carbonyl (C=O) groups excluding carboxylic acids is 1. The molecule has 0 bridgehead atoms. The second-order valence-electron chi connectivity index (χ2n) is 7.34. The molecule has 0 aromatic carbocycles. The summed E-state index contributed by atoms with van der Waals surface area (Å²) < 4.78 is 0. The highest BCUT2D eigenvalue weighted by atomic mass is 16.7. The van der Waals surface area contributed by atoms with Gasteiger partial charge in [0.2, 0.25) is 0 Å². The largest absolute Gasteiger partial charge is 0.465 e. The molecule has 5 N–H and O–H groups in total. The lowest BCUT2D eigenvalue weighted by Crippen LogP contribution is -2.39. The van der Waals surface area contributed by atoms with Crippen LogP contribution in [0.2, 0.25) is 0 Å². The van der Waals surface area contributed by atoms with Crippen LogP contribution in [0.25, 0.3) is 0 Å². The fourth-order valence-electron chi connectivity index (χ4n) is 3.16. The number of nitriles is 1. The van der Waals surface area contributed by atoms with Crippen LogP contribution in [0.3, 0.4) is 0 Å². The van der Waals surface area contributed by atoms with Crippen LogP contribution in [0.4, 0.5) is 22.1 Å². The summed E-state index contributed by atoms with van der Waals surface area (Å²) in [5.41, 5.74) is 6.21. The number of nitrogens with two attached hydrogens (primary N) is 1. The molecule has 1 saturated heterocycles. The monoisotopic (exact) mass is 453 g/mol. The third-order valence-corrected chi connectivity index (χ3v) is 4.89. The maximum Gasteiger partial charge on any atom is 0.407 e. The van der Waals surface area contributed by atoms with Crippen LogP contribution in [0.5, 0.6) is 0 Å². The van der Waals surface area contributed by atoms with Crippen molar-refractivity contribution in [2.45, 2.75) is 19.8 Å². The van der Waals surface area contributed by atoms with Gasteiger partial charge < -0.3 is 31.2 Å². The van der Waals surface area contributed by atoms with Crippen LogP contribution < -0.4 is 16.4 Å². The lowest BCUT2D eigenvalue weighted by atomic mass is 9.97. The fraction of sp³-hybridized carbons (Fsp3) is 0.350. The van der Waals surface area contributed by atoms with Crippen molar-refractivity contribution in [2.75, 3.05) is 30.3 Å². The molecule has 0 saturated carbocycles. The molecule has 1 aliphatic heterocycles. The van der Waals surface area contributed by atoms with Crippen molar-refractivity contribution < 1.29 is 19.5 Å². The number of carbonyl (C=O) groups is 2. The molecule has 13 nitrogen and oxygen atoms in total. The van der Waals surface area contributed by atoms with Gasteiger partial charge in [-0.05, 0) is 25.7 Å². The Morgan fingerprint density at radius 2 is 2.00 bits per heavy atom. The number of piperidine rings is 1. The van der Waals surface area contributed by atoms with Gasteiger partial charge >= 0.3 is 12.1 Å². The lowest BCUT2D eigenvalue weighted by molar-refractivity contribution is 0.0516. The summed E-state index contributed by atoms with van der Waals surface area (Å²) in [4.78, 5) is 42.0. The van der Waals surface area contributed by atoms with Crippen molar-refractivity contribution in [2.24, 2.45) is 16.8 Å². The number of hydrogen-bond donors (Lipinski definition) is 4. The molecule has 172 valence electrons. The van der Waals surface area contributed by atoms with Crippen LogP contribution >= 0.6 is 0 Å². The summed E-state index contributed by atoms with van der Waals surface area (Å²) in [6.45, 7) is 2.93. The Kier molecular flexibility index (Phi) is 7.53. The number of amidine groups is 1. The van der Waals surface area contributed by atoms with Crippen LogP contribution in [0.1, 0.15) is 35.8 Å². The van der Waals surface area contributed by atoms with Crippen LogP contribution in [-0.4, -0.2) is 62.5 Å². The number of nitrogens with zero attached hydrogens (tertiary/aromatic N) is 6. The predicted molar refractivity (Wildman–Crippen MR) is 118 cm³/mol. The number of hydrogen-bond acceptors (Lipinski definition) is 10. The molecule has 3 rings (SSSR count). The third kappa shape index (κ3) is 6.50. The molecule has 2 aromatic rings. The summed E-state index contributed by atoms with van der Waals surface area (Å²) in [5.74, 6) is 0.330. The molecule has 1 amide bonds. The van der Waals surface area contributed by atoms with E-state index in [2.05, 4.69) is 30.7 Å². The maximum atomic E-state index is 12.5. The second kappa shape index (κ2) is 10.7. The Balaban J connectivity index is 1.75. The number of nitrogens with one attached hydrogen (secondary N) is 2. The molecule has 0 spiro atoms. The number of likely N-dealkylation sites (tertiary alicyclic amines) is 1. The number of oxime groups is 1. The fourth-order valence-corrected chi connectivity index (χ4v) is 3.16. The van der Waals surface area contributed by atoms with Crippen molar-refractivity contribution in [3.05, 3.63) is 35.9 Å². The summed E-state index contributed by atoms with van der Waals surface area (Å²) >= 11 is 0. The normalized spacial score (nSPS) is 14.3. The zero-order chi connectivity index (χ0) is 23.8. The Labute approximate surface area is 189 Å². The average Bonchev–Trinajstić information content (AvgIpc) is 2.82. The summed E-state index contributed by atoms with van der Waals surface area (Å²) in [5, 5.41) is 27.6. The first kappa shape index (κ1) is 23.2. The number of carboxylic acid groups (broad SMARTS) is 1. The van der Waals surface area contributed by atoms with Crippen LogP contribution in [0, 0.1) is 17.2 Å². The van der Waals surface area contributed by atoms with Gasteiger partial charge in [-0.15, -0.1) is 0 Å². The van der Waals surface area contributed by atoms with Gasteiger partial charge in [0.15, 0.2) is 5.69 Å². The van der Waals surface area contributed by atoms with Gasteiger partial charge in [-0.2, -0.15) is 5.26 Å². The molecule has 0 atom stereocenters. The summed E-state index contributed by atoms with van der Waals surface area (Å²) in [6.07, 6.45) is 4.53. The van der Waals surface area contributed by atoms with E-state index < -0.39 is 12.1 Å². The lowest BCUT2D eigenvalue weighted by Gasteiger charge is -2.30. The zero-order valence-corrected chi connectivity index (χ0v) is 17.9. The molecule has 1 fully saturated rings. The Hall–Kier alpha value is -4.47. The highest BCUT2D eigenvalue weighted by Crippen LogP contribution is 2.24. The van der Waals surface area contributed by atoms with Crippen molar-refractivity contribution in [3.63, 3.8) is 0 Å². The smallest absolute Gasteiger partial charge is 0.407 e.